The second-order valence-electron chi connectivity index (χ2n) is 6.76. The van der Waals surface area contributed by atoms with Crippen LogP contribution in [0.25, 0.3) is 0 Å². The van der Waals surface area contributed by atoms with Crippen molar-refractivity contribution in [2.75, 3.05) is 7.11 Å². The molecule has 3 rings (SSSR count). The first-order valence-corrected chi connectivity index (χ1v) is 10.6. The summed E-state index contributed by atoms with van der Waals surface area (Å²) >= 11 is 0. The predicted octanol–water partition coefficient (Wildman–Crippen LogP) is 0.339. The van der Waals surface area contributed by atoms with E-state index in [0.717, 1.165) is 5.06 Å². The number of hydrogen-bond acceptors (Lipinski definition) is 9. The molecule has 12 heteroatoms. The van der Waals surface area contributed by atoms with Gasteiger partial charge in [-0.1, -0.05) is 12.1 Å². The number of amides is 1. The van der Waals surface area contributed by atoms with E-state index >= 15 is 0 Å². The van der Waals surface area contributed by atoms with E-state index in [2.05, 4.69) is 15.5 Å². The lowest BCUT2D eigenvalue weighted by atomic mass is 10.1. The number of sulfone groups is 1. The Morgan fingerprint density at radius 2 is 1.74 bits per heavy atom. The van der Waals surface area contributed by atoms with Crippen molar-refractivity contribution in [3.05, 3.63) is 59.9 Å². The smallest absolute Gasteiger partial charge is 0.237 e. The SMILES string of the molecule is COc1ccc(S(=O)(=O)c2ccc(CN(O)C(Cc3nnnn3C)C(N)=O)cc2)cc1. The van der Waals surface area contributed by atoms with E-state index in [4.69, 9.17) is 10.5 Å². The van der Waals surface area contributed by atoms with E-state index in [1.54, 1.807) is 31.3 Å². The number of aromatic nitrogens is 4. The van der Waals surface area contributed by atoms with Gasteiger partial charge in [-0.3, -0.25) is 4.79 Å². The lowest BCUT2D eigenvalue weighted by Crippen LogP contribution is -2.44. The Morgan fingerprint density at radius 1 is 1.16 bits per heavy atom. The molecule has 0 aliphatic carbocycles. The highest BCUT2D eigenvalue weighted by atomic mass is 32.2. The standard InChI is InChI=1S/C19H22N6O5S/c1-24-18(21-22-23-24)11-17(19(20)26)25(27)12-13-3-7-15(8-4-13)31(28,29)16-9-5-14(30-2)6-10-16/h3-10,17,27H,11-12H2,1-2H3,(H2,20,26). The average molecular weight is 446 g/mol. The Labute approximate surface area is 178 Å². The van der Waals surface area contributed by atoms with Crippen LogP contribution in [0.1, 0.15) is 11.4 Å². The van der Waals surface area contributed by atoms with Gasteiger partial charge >= 0.3 is 0 Å². The predicted molar refractivity (Wildman–Crippen MR) is 108 cm³/mol. The van der Waals surface area contributed by atoms with E-state index in [1.807, 2.05) is 0 Å². The molecule has 11 nitrogen and oxygen atoms in total. The molecule has 164 valence electrons. The Bertz CT molecular complexity index is 1150. The lowest BCUT2D eigenvalue weighted by Gasteiger charge is -2.23. The van der Waals surface area contributed by atoms with E-state index in [9.17, 15) is 18.4 Å². The molecule has 0 aliphatic heterocycles. The van der Waals surface area contributed by atoms with Crippen molar-refractivity contribution in [1.82, 2.24) is 25.3 Å². The van der Waals surface area contributed by atoms with Crippen LogP contribution in [0.2, 0.25) is 0 Å². The molecule has 0 saturated carbocycles. The minimum atomic E-state index is -3.71. The van der Waals surface area contributed by atoms with Crippen LogP contribution in [0.15, 0.2) is 58.3 Å². The lowest BCUT2D eigenvalue weighted by molar-refractivity contribution is -0.156. The second-order valence-corrected chi connectivity index (χ2v) is 8.71. The van der Waals surface area contributed by atoms with Gasteiger partial charge in [0.15, 0.2) is 5.82 Å². The van der Waals surface area contributed by atoms with Crippen LogP contribution < -0.4 is 10.5 Å². The van der Waals surface area contributed by atoms with Gasteiger partial charge in [0.1, 0.15) is 11.8 Å². The van der Waals surface area contributed by atoms with Crippen LogP contribution in [0, 0.1) is 0 Å². The molecular formula is C19H22N6O5S. The molecule has 3 aromatic rings. The van der Waals surface area contributed by atoms with Crippen molar-refractivity contribution in [3.8, 4) is 5.75 Å². The number of rotatable bonds is 9. The molecule has 0 bridgehead atoms. The number of hydrogen-bond donors (Lipinski definition) is 2. The molecule has 2 aromatic carbocycles. The Balaban J connectivity index is 1.74. The third-order valence-electron chi connectivity index (χ3n) is 4.72. The molecule has 1 unspecified atom stereocenters. The second kappa shape index (κ2) is 9.20. The summed E-state index contributed by atoms with van der Waals surface area (Å²) in [6, 6.07) is 11.0. The number of carbonyl (C=O) groups excluding carboxylic acids is 1. The molecule has 0 aliphatic rings. The molecule has 1 aromatic heterocycles. The third kappa shape index (κ3) is 5.05. The van der Waals surface area contributed by atoms with Gasteiger partial charge in [0.25, 0.3) is 0 Å². The van der Waals surface area contributed by atoms with Crippen molar-refractivity contribution in [1.29, 1.82) is 0 Å². The molecule has 0 saturated heterocycles. The number of aryl methyl sites for hydroxylation is 1. The van der Waals surface area contributed by atoms with Gasteiger partial charge in [0, 0.05) is 20.0 Å². The molecule has 31 heavy (non-hydrogen) atoms. The number of methoxy groups -OCH3 is 1. The number of hydroxylamine groups is 2. The maximum absolute atomic E-state index is 12.8. The zero-order valence-electron chi connectivity index (χ0n) is 16.9. The highest BCUT2D eigenvalue weighted by Crippen LogP contribution is 2.23. The Kier molecular flexibility index (Phi) is 6.63. The van der Waals surface area contributed by atoms with Gasteiger partial charge in [0.05, 0.1) is 16.9 Å². The summed E-state index contributed by atoms with van der Waals surface area (Å²) in [5.41, 5.74) is 6.00. The van der Waals surface area contributed by atoms with Crippen LogP contribution in [0.4, 0.5) is 0 Å². The largest absolute Gasteiger partial charge is 0.497 e. The first-order valence-electron chi connectivity index (χ1n) is 9.16. The van der Waals surface area contributed by atoms with Crippen LogP contribution >= 0.6 is 0 Å². The maximum Gasteiger partial charge on any atom is 0.237 e. The third-order valence-corrected chi connectivity index (χ3v) is 6.51. The van der Waals surface area contributed by atoms with E-state index < -0.39 is 21.8 Å². The summed E-state index contributed by atoms with van der Waals surface area (Å²) < 4.78 is 32.0. The first-order chi connectivity index (χ1) is 14.7. The summed E-state index contributed by atoms with van der Waals surface area (Å²) in [6.45, 7) is -0.0538. The zero-order valence-corrected chi connectivity index (χ0v) is 17.7. The number of nitrogens with zero attached hydrogens (tertiary/aromatic N) is 5. The highest BCUT2D eigenvalue weighted by Gasteiger charge is 2.26. The summed E-state index contributed by atoms with van der Waals surface area (Å²) in [7, 11) is -0.601. The normalized spacial score (nSPS) is 12.6. The molecule has 0 radical (unpaired) electrons. The molecular weight excluding hydrogens is 424 g/mol. The molecule has 0 spiro atoms. The highest BCUT2D eigenvalue weighted by molar-refractivity contribution is 7.91. The van der Waals surface area contributed by atoms with E-state index in [1.165, 1.54) is 36.1 Å². The van der Waals surface area contributed by atoms with Gasteiger partial charge in [-0.2, -0.15) is 5.06 Å². The number of primary amides is 1. The monoisotopic (exact) mass is 446 g/mol. The van der Waals surface area contributed by atoms with Crippen molar-refractivity contribution >= 4 is 15.7 Å². The van der Waals surface area contributed by atoms with Crippen LogP contribution in [-0.2, 0) is 34.6 Å². The van der Waals surface area contributed by atoms with Crippen LogP contribution in [0.3, 0.4) is 0 Å². The van der Waals surface area contributed by atoms with Crippen molar-refractivity contribution in [2.45, 2.75) is 28.8 Å². The van der Waals surface area contributed by atoms with Crippen molar-refractivity contribution < 1.29 is 23.2 Å². The fraction of sp³-hybridized carbons (Fsp3) is 0.263. The first kappa shape index (κ1) is 22.3. The molecule has 1 amide bonds. The number of ether oxygens (including phenoxy) is 1. The number of tetrazole rings is 1. The minimum Gasteiger partial charge on any atom is -0.497 e. The van der Waals surface area contributed by atoms with Gasteiger partial charge in [0.2, 0.25) is 15.7 Å². The van der Waals surface area contributed by atoms with Gasteiger partial charge in [-0.25, -0.2) is 13.1 Å². The average Bonchev–Trinajstić information content (AvgIpc) is 3.16. The number of carbonyl (C=O) groups is 1. The fourth-order valence-electron chi connectivity index (χ4n) is 2.91. The fourth-order valence-corrected chi connectivity index (χ4v) is 4.17. The number of benzene rings is 2. The topological polar surface area (TPSA) is 154 Å². The molecule has 0 fully saturated rings. The summed E-state index contributed by atoms with van der Waals surface area (Å²) in [6.07, 6.45) is 0.0132. The van der Waals surface area contributed by atoms with Crippen LogP contribution in [0.5, 0.6) is 5.75 Å². The minimum absolute atomic E-state index is 0.0132. The van der Waals surface area contributed by atoms with Gasteiger partial charge < -0.3 is 15.7 Å². The molecule has 3 N–H and O–H groups in total. The van der Waals surface area contributed by atoms with Crippen LogP contribution in [-0.4, -0.2) is 58.0 Å². The van der Waals surface area contributed by atoms with E-state index in [-0.39, 0.29) is 22.8 Å². The molecule has 1 heterocycles. The van der Waals surface area contributed by atoms with Crippen molar-refractivity contribution in [2.24, 2.45) is 12.8 Å². The van der Waals surface area contributed by atoms with Crippen molar-refractivity contribution in [3.63, 3.8) is 0 Å². The van der Waals surface area contributed by atoms with Gasteiger partial charge in [-0.15, -0.1) is 5.10 Å². The Morgan fingerprint density at radius 3 is 2.23 bits per heavy atom. The van der Waals surface area contributed by atoms with E-state index in [0.29, 0.717) is 17.1 Å². The molecule has 1 atom stereocenters. The Hall–Kier alpha value is -3.35. The summed E-state index contributed by atoms with van der Waals surface area (Å²) in [4.78, 5) is 12.0. The summed E-state index contributed by atoms with van der Waals surface area (Å²) in [5, 5.41) is 22.1. The number of nitrogens with two attached hydrogens (primary N) is 1. The summed E-state index contributed by atoms with van der Waals surface area (Å²) in [5.74, 6) is 0.187. The zero-order chi connectivity index (χ0) is 22.6. The van der Waals surface area contributed by atoms with Gasteiger partial charge in [-0.05, 0) is 52.4 Å². The maximum atomic E-state index is 12.8. The quantitative estimate of drug-likeness (QED) is 0.443.